The molecule has 0 fully saturated rings. The first kappa shape index (κ1) is 13.7. The van der Waals surface area contributed by atoms with Gasteiger partial charge in [-0.25, -0.2) is 9.78 Å². The average Bonchev–Trinajstić information content (AvgIpc) is 2.98. The summed E-state index contributed by atoms with van der Waals surface area (Å²) >= 11 is 0. The van der Waals surface area contributed by atoms with Crippen LogP contribution in [0.2, 0.25) is 0 Å². The summed E-state index contributed by atoms with van der Waals surface area (Å²) in [6.45, 7) is 0.464. The molecule has 1 amide bonds. The quantitative estimate of drug-likeness (QED) is 0.825. The molecule has 0 radical (unpaired) electrons. The summed E-state index contributed by atoms with van der Waals surface area (Å²) in [5, 5.41) is 6.65. The zero-order chi connectivity index (χ0) is 14.4. The van der Waals surface area contributed by atoms with Crippen LogP contribution in [0, 0.1) is 0 Å². The Kier molecular flexibility index (Phi) is 4.43. The first-order valence-electron chi connectivity index (χ1n) is 5.99. The van der Waals surface area contributed by atoms with Gasteiger partial charge in [-0.15, -0.1) is 0 Å². The van der Waals surface area contributed by atoms with E-state index in [2.05, 4.69) is 20.1 Å². The molecule has 20 heavy (non-hydrogen) atoms. The van der Waals surface area contributed by atoms with Gasteiger partial charge < -0.3 is 10.1 Å². The highest BCUT2D eigenvalue weighted by Crippen LogP contribution is 2.10. The third-order valence-electron chi connectivity index (χ3n) is 2.62. The second-order valence-corrected chi connectivity index (χ2v) is 4.03. The molecule has 0 unspecified atom stereocenters. The van der Waals surface area contributed by atoms with Crippen molar-refractivity contribution in [1.82, 2.24) is 14.8 Å². The van der Waals surface area contributed by atoms with E-state index < -0.39 is 5.97 Å². The van der Waals surface area contributed by atoms with Crippen LogP contribution in [-0.2, 0) is 16.1 Å². The second-order valence-electron chi connectivity index (χ2n) is 4.03. The first-order valence-corrected chi connectivity index (χ1v) is 5.99. The summed E-state index contributed by atoms with van der Waals surface area (Å²) in [6.07, 6.45) is 3.27. The standard InChI is InChI=1S/C13H14N4O3/c1-20-13(19)10-2-4-11(5-3-10)16-12(18)6-7-17-9-14-8-15-17/h2-5,8-9H,6-7H2,1H3,(H,16,18). The highest BCUT2D eigenvalue weighted by molar-refractivity contribution is 5.92. The van der Waals surface area contributed by atoms with Gasteiger partial charge >= 0.3 is 5.97 Å². The zero-order valence-electron chi connectivity index (χ0n) is 10.9. The Morgan fingerprint density at radius 1 is 1.30 bits per heavy atom. The zero-order valence-corrected chi connectivity index (χ0v) is 10.9. The lowest BCUT2D eigenvalue weighted by molar-refractivity contribution is -0.116. The van der Waals surface area contributed by atoms with Crippen molar-refractivity contribution in [3.05, 3.63) is 42.5 Å². The summed E-state index contributed by atoms with van der Waals surface area (Å²) in [4.78, 5) is 26.8. The van der Waals surface area contributed by atoms with Gasteiger partial charge in [-0.2, -0.15) is 5.10 Å². The third-order valence-corrected chi connectivity index (χ3v) is 2.62. The number of aryl methyl sites for hydroxylation is 1. The van der Waals surface area contributed by atoms with E-state index in [1.54, 1.807) is 35.3 Å². The lowest BCUT2D eigenvalue weighted by Gasteiger charge is -2.06. The van der Waals surface area contributed by atoms with Crippen LogP contribution >= 0.6 is 0 Å². The fourth-order valence-electron chi connectivity index (χ4n) is 1.60. The lowest BCUT2D eigenvalue weighted by atomic mass is 10.2. The molecule has 104 valence electrons. The molecule has 2 rings (SSSR count). The molecule has 7 heteroatoms. The molecule has 7 nitrogen and oxygen atoms in total. The maximum Gasteiger partial charge on any atom is 0.337 e. The Hall–Kier alpha value is -2.70. The highest BCUT2D eigenvalue weighted by atomic mass is 16.5. The number of methoxy groups -OCH3 is 1. The van der Waals surface area contributed by atoms with Gasteiger partial charge in [0, 0.05) is 12.1 Å². The summed E-state index contributed by atoms with van der Waals surface area (Å²) < 4.78 is 6.18. The smallest absolute Gasteiger partial charge is 0.337 e. The Balaban J connectivity index is 1.86. The topological polar surface area (TPSA) is 86.1 Å². The van der Waals surface area contributed by atoms with Crippen LogP contribution in [0.25, 0.3) is 0 Å². The largest absolute Gasteiger partial charge is 0.465 e. The first-order chi connectivity index (χ1) is 9.69. The van der Waals surface area contributed by atoms with E-state index >= 15 is 0 Å². The van der Waals surface area contributed by atoms with Crippen LogP contribution in [-0.4, -0.2) is 33.8 Å². The molecule has 0 aliphatic rings. The van der Waals surface area contributed by atoms with E-state index in [4.69, 9.17) is 0 Å². The molecular formula is C13H14N4O3. The number of ether oxygens (including phenoxy) is 1. The predicted octanol–water partition coefficient (Wildman–Crippen LogP) is 1.09. The fourth-order valence-corrected chi connectivity index (χ4v) is 1.60. The van der Waals surface area contributed by atoms with Gasteiger partial charge in [-0.1, -0.05) is 0 Å². The minimum atomic E-state index is -0.408. The minimum Gasteiger partial charge on any atom is -0.465 e. The molecule has 1 heterocycles. The van der Waals surface area contributed by atoms with E-state index in [1.165, 1.54) is 13.4 Å². The highest BCUT2D eigenvalue weighted by Gasteiger charge is 2.06. The molecule has 0 saturated carbocycles. The maximum atomic E-state index is 11.7. The molecule has 0 saturated heterocycles. The number of amides is 1. The number of esters is 1. The van der Waals surface area contributed by atoms with Crippen molar-refractivity contribution in [3.8, 4) is 0 Å². The van der Waals surface area contributed by atoms with Crippen molar-refractivity contribution < 1.29 is 14.3 Å². The Labute approximate surface area is 115 Å². The third kappa shape index (κ3) is 3.64. The monoisotopic (exact) mass is 274 g/mol. The van der Waals surface area contributed by atoms with Gasteiger partial charge in [0.2, 0.25) is 5.91 Å². The SMILES string of the molecule is COC(=O)c1ccc(NC(=O)CCn2cncn2)cc1. The van der Waals surface area contributed by atoms with Crippen LogP contribution < -0.4 is 5.32 Å². The van der Waals surface area contributed by atoms with Crippen LogP contribution in [0.1, 0.15) is 16.8 Å². The van der Waals surface area contributed by atoms with Crippen molar-refractivity contribution >= 4 is 17.6 Å². The predicted molar refractivity (Wildman–Crippen MR) is 71.1 cm³/mol. The van der Waals surface area contributed by atoms with Crippen molar-refractivity contribution in [1.29, 1.82) is 0 Å². The second kappa shape index (κ2) is 6.46. The molecule has 1 aromatic carbocycles. The van der Waals surface area contributed by atoms with Crippen molar-refractivity contribution in [2.75, 3.05) is 12.4 Å². The van der Waals surface area contributed by atoms with Crippen LogP contribution in [0.15, 0.2) is 36.9 Å². The summed E-state index contributed by atoms with van der Waals surface area (Å²) in [5.74, 6) is -0.541. The number of anilines is 1. The van der Waals surface area contributed by atoms with E-state index in [1.807, 2.05) is 0 Å². The molecule has 0 bridgehead atoms. The average molecular weight is 274 g/mol. The summed E-state index contributed by atoms with van der Waals surface area (Å²) in [6, 6.07) is 6.50. The number of rotatable bonds is 5. The number of hydrogen-bond donors (Lipinski definition) is 1. The van der Waals surface area contributed by atoms with Crippen molar-refractivity contribution in [3.63, 3.8) is 0 Å². The number of benzene rings is 1. The number of nitrogens with one attached hydrogen (secondary N) is 1. The molecule has 1 aromatic heterocycles. The van der Waals surface area contributed by atoms with Gasteiger partial charge in [0.05, 0.1) is 19.2 Å². The number of carbonyl (C=O) groups is 2. The Morgan fingerprint density at radius 2 is 2.05 bits per heavy atom. The van der Waals surface area contributed by atoms with Gasteiger partial charge in [0.15, 0.2) is 0 Å². The van der Waals surface area contributed by atoms with E-state index in [0.717, 1.165) is 0 Å². The Morgan fingerprint density at radius 3 is 2.65 bits per heavy atom. The molecule has 0 spiro atoms. The van der Waals surface area contributed by atoms with Crippen LogP contribution in [0.4, 0.5) is 5.69 Å². The molecular weight excluding hydrogens is 260 g/mol. The molecule has 1 N–H and O–H groups in total. The van der Waals surface area contributed by atoms with Crippen molar-refractivity contribution in [2.24, 2.45) is 0 Å². The molecule has 0 aliphatic carbocycles. The molecule has 0 atom stereocenters. The number of hydrogen-bond acceptors (Lipinski definition) is 5. The number of carbonyl (C=O) groups excluding carboxylic acids is 2. The minimum absolute atomic E-state index is 0.133. The van der Waals surface area contributed by atoms with Crippen molar-refractivity contribution in [2.45, 2.75) is 13.0 Å². The number of nitrogens with zero attached hydrogens (tertiary/aromatic N) is 3. The summed E-state index contributed by atoms with van der Waals surface area (Å²) in [5.41, 5.74) is 1.06. The fraction of sp³-hybridized carbons (Fsp3) is 0.231. The number of aromatic nitrogens is 3. The van der Waals surface area contributed by atoms with E-state index in [0.29, 0.717) is 24.2 Å². The maximum absolute atomic E-state index is 11.7. The van der Waals surface area contributed by atoms with E-state index in [9.17, 15) is 9.59 Å². The van der Waals surface area contributed by atoms with Gasteiger partial charge in [0.25, 0.3) is 0 Å². The summed E-state index contributed by atoms with van der Waals surface area (Å²) in [7, 11) is 1.32. The lowest BCUT2D eigenvalue weighted by Crippen LogP contribution is -2.14. The van der Waals surface area contributed by atoms with Crippen LogP contribution in [0.3, 0.4) is 0 Å². The normalized spacial score (nSPS) is 10.1. The molecule has 0 aliphatic heterocycles. The Bertz CT molecular complexity index is 578. The van der Waals surface area contributed by atoms with Gasteiger partial charge in [0.1, 0.15) is 12.7 Å². The van der Waals surface area contributed by atoms with Gasteiger partial charge in [-0.05, 0) is 24.3 Å². The van der Waals surface area contributed by atoms with Gasteiger partial charge in [-0.3, -0.25) is 9.48 Å². The van der Waals surface area contributed by atoms with Crippen LogP contribution in [0.5, 0.6) is 0 Å². The van der Waals surface area contributed by atoms with E-state index in [-0.39, 0.29) is 5.91 Å². The molecule has 2 aromatic rings.